The average molecular weight is 194 g/mol. The molecular formula is C10H18N4. The highest BCUT2D eigenvalue weighted by atomic mass is 15.1. The van der Waals surface area contributed by atoms with E-state index in [1.807, 2.05) is 12.4 Å². The summed E-state index contributed by atoms with van der Waals surface area (Å²) in [6.45, 7) is 6.17. The molecule has 0 atom stereocenters. The number of aromatic nitrogens is 2. The zero-order valence-corrected chi connectivity index (χ0v) is 8.90. The third kappa shape index (κ3) is 4.30. The van der Waals surface area contributed by atoms with Crippen molar-refractivity contribution in [2.45, 2.75) is 13.5 Å². The van der Waals surface area contributed by atoms with E-state index in [1.165, 1.54) is 0 Å². The lowest BCUT2D eigenvalue weighted by Crippen LogP contribution is -2.28. The highest BCUT2D eigenvalue weighted by molar-refractivity contribution is 5.01. The van der Waals surface area contributed by atoms with Crippen molar-refractivity contribution in [3.63, 3.8) is 0 Å². The van der Waals surface area contributed by atoms with Crippen LogP contribution in [0.3, 0.4) is 0 Å². The summed E-state index contributed by atoms with van der Waals surface area (Å²) >= 11 is 0. The van der Waals surface area contributed by atoms with Crippen LogP contribution in [-0.2, 0) is 6.54 Å². The summed E-state index contributed by atoms with van der Waals surface area (Å²) in [4.78, 5) is 10.2. The van der Waals surface area contributed by atoms with E-state index in [2.05, 4.69) is 34.2 Å². The standard InChI is InChI=1S/C10H18N4/c1-3-14(2)5-4-11-6-10-7-12-9-13-8-10/h7-9,11H,3-6H2,1-2H3. The van der Waals surface area contributed by atoms with Gasteiger partial charge in [0.1, 0.15) is 6.33 Å². The molecule has 78 valence electrons. The molecule has 0 aliphatic carbocycles. The molecule has 1 N–H and O–H groups in total. The summed E-state index contributed by atoms with van der Waals surface area (Å²) in [5.74, 6) is 0. The Kier molecular flexibility index (Phi) is 5.11. The Morgan fingerprint density at radius 1 is 1.36 bits per heavy atom. The van der Waals surface area contributed by atoms with Gasteiger partial charge in [-0.1, -0.05) is 6.92 Å². The number of hydrogen-bond donors (Lipinski definition) is 1. The van der Waals surface area contributed by atoms with Crippen molar-refractivity contribution in [1.82, 2.24) is 20.2 Å². The van der Waals surface area contributed by atoms with Gasteiger partial charge in [-0.2, -0.15) is 0 Å². The number of nitrogens with zero attached hydrogens (tertiary/aromatic N) is 3. The van der Waals surface area contributed by atoms with Crippen molar-refractivity contribution >= 4 is 0 Å². The lowest BCUT2D eigenvalue weighted by Gasteiger charge is -2.13. The summed E-state index contributed by atoms with van der Waals surface area (Å²) in [7, 11) is 2.12. The highest BCUT2D eigenvalue weighted by Crippen LogP contribution is 1.90. The molecule has 0 saturated carbocycles. The summed E-state index contributed by atoms with van der Waals surface area (Å²) in [6, 6.07) is 0. The van der Waals surface area contributed by atoms with Gasteiger partial charge < -0.3 is 10.2 Å². The van der Waals surface area contributed by atoms with E-state index in [4.69, 9.17) is 0 Å². The van der Waals surface area contributed by atoms with Crippen LogP contribution in [0.5, 0.6) is 0 Å². The Hall–Kier alpha value is -1.00. The van der Waals surface area contributed by atoms with E-state index < -0.39 is 0 Å². The van der Waals surface area contributed by atoms with E-state index in [0.717, 1.165) is 31.7 Å². The van der Waals surface area contributed by atoms with Gasteiger partial charge >= 0.3 is 0 Å². The third-order valence-electron chi connectivity index (χ3n) is 2.15. The van der Waals surface area contributed by atoms with E-state index in [0.29, 0.717) is 0 Å². The van der Waals surface area contributed by atoms with Gasteiger partial charge in [-0.05, 0) is 13.6 Å². The quantitative estimate of drug-likeness (QED) is 0.670. The number of rotatable bonds is 6. The van der Waals surface area contributed by atoms with Crippen LogP contribution in [-0.4, -0.2) is 41.5 Å². The maximum absolute atomic E-state index is 3.95. The van der Waals surface area contributed by atoms with Crippen LogP contribution in [0.1, 0.15) is 12.5 Å². The second kappa shape index (κ2) is 6.45. The Labute approximate surface area is 85.4 Å². The van der Waals surface area contributed by atoms with Crippen LogP contribution < -0.4 is 5.32 Å². The smallest absolute Gasteiger partial charge is 0.115 e. The number of nitrogens with one attached hydrogen (secondary N) is 1. The minimum Gasteiger partial charge on any atom is -0.311 e. The van der Waals surface area contributed by atoms with Crippen molar-refractivity contribution in [3.8, 4) is 0 Å². The summed E-state index contributed by atoms with van der Waals surface area (Å²) in [5.41, 5.74) is 1.13. The molecular weight excluding hydrogens is 176 g/mol. The average Bonchev–Trinajstić information content (AvgIpc) is 2.25. The zero-order chi connectivity index (χ0) is 10.2. The van der Waals surface area contributed by atoms with Gasteiger partial charge in [0.05, 0.1) is 0 Å². The van der Waals surface area contributed by atoms with E-state index in [1.54, 1.807) is 6.33 Å². The van der Waals surface area contributed by atoms with Crippen molar-refractivity contribution in [3.05, 3.63) is 24.3 Å². The van der Waals surface area contributed by atoms with E-state index >= 15 is 0 Å². The normalized spacial score (nSPS) is 10.8. The first-order chi connectivity index (χ1) is 6.83. The third-order valence-corrected chi connectivity index (χ3v) is 2.15. The molecule has 1 rings (SSSR count). The van der Waals surface area contributed by atoms with Crippen molar-refractivity contribution in [2.75, 3.05) is 26.7 Å². The van der Waals surface area contributed by atoms with Gasteiger partial charge in [-0.15, -0.1) is 0 Å². The Bertz CT molecular complexity index is 237. The van der Waals surface area contributed by atoms with Crippen molar-refractivity contribution in [1.29, 1.82) is 0 Å². The van der Waals surface area contributed by atoms with Crippen LogP contribution in [0.15, 0.2) is 18.7 Å². The second-order valence-corrected chi connectivity index (χ2v) is 3.32. The summed E-state index contributed by atoms with van der Waals surface area (Å²) in [6.07, 6.45) is 5.22. The van der Waals surface area contributed by atoms with Crippen LogP contribution in [0, 0.1) is 0 Å². The topological polar surface area (TPSA) is 41.0 Å². The first-order valence-corrected chi connectivity index (χ1v) is 4.96. The molecule has 0 spiro atoms. The Balaban J connectivity index is 2.10. The molecule has 0 aliphatic rings. The fourth-order valence-corrected chi connectivity index (χ4v) is 1.08. The summed E-state index contributed by atoms with van der Waals surface area (Å²) < 4.78 is 0. The van der Waals surface area contributed by atoms with Gasteiger partial charge in [0.25, 0.3) is 0 Å². The predicted octanol–water partition coefficient (Wildman–Crippen LogP) is 0.518. The lowest BCUT2D eigenvalue weighted by molar-refractivity contribution is 0.349. The van der Waals surface area contributed by atoms with Gasteiger partial charge in [-0.3, -0.25) is 0 Å². The molecule has 1 aromatic rings. The minimum atomic E-state index is 0.846. The first kappa shape index (κ1) is 11.1. The second-order valence-electron chi connectivity index (χ2n) is 3.32. The van der Waals surface area contributed by atoms with Crippen LogP contribution in [0.25, 0.3) is 0 Å². The number of likely N-dealkylation sites (N-methyl/N-ethyl adjacent to an activating group) is 1. The lowest BCUT2D eigenvalue weighted by atomic mass is 10.3. The Morgan fingerprint density at radius 2 is 2.07 bits per heavy atom. The monoisotopic (exact) mass is 194 g/mol. The molecule has 1 aromatic heterocycles. The molecule has 14 heavy (non-hydrogen) atoms. The summed E-state index contributed by atoms with van der Waals surface area (Å²) in [5, 5.41) is 3.35. The predicted molar refractivity (Wildman–Crippen MR) is 56.9 cm³/mol. The molecule has 4 nitrogen and oxygen atoms in total. The van der Waals surface area contributed by atoms with Crippen LogP contribution in [0.2, 0.25) is 0 Å². The largest absolute Gasteiger partial charge is 0.311 e. The SMILES string of the molecule is CCN(C)CCNCc1cncnc1. The molecule has 0 fully saturated rings. The first-order valence-electron chi connectivity index (χ1n) is 4.96. The fraction of sp³-hybridized carbons (Fsp3) is 0.600. The highest BCUT2D eigenvalue weighted by Gasteiger charge is 1.94. The maximum atomic E-state index is 3.95. The van der Waals surface area contributed by atoms with E-state index in [-0.39, 0.29) is 0 Å². The Morgan fingerprint density at radius 3 is 2.71 bits per heavy atom. The maximum Gasteiger partial charge on any atom is 0.115 e. The molecule has 4 heteroatoms. The molecule has 0 aromatic carbocycles. The molecule has 0 aliphatic heterocycles. The molecule has 1 heterocycles. The molecule has 0 unspecified atom stereocenters. The van der Waals surface area contributed by atoms with Gasteiger partial charge in [0.2, 0.25) is 0 Å². The number of hydrogen-bond acceptors (Lipinski definition) is 4. The van der Waals surface area contributed by atoms with Crippen LogP contribution in [0.4, 0.5) is 0 Å². The molecule has 0 radical (unpaired) electrons. The van der Waals surface area contributed by atoms with Gasteiger partial charge in [0.15, 0.2) is 0 Å². The molecule has 0 amide bonds. The van der Waals surface area contributed by atoms with Gasteiger partial charge in [0, 0.05) is 37.6 Å². The van der Waals surface area contributed by atoms with Crippen LogP contribution >= 0.6 is 0 Å². The van der Waals surface area contributed by atoms with Gasteiger partial charge in [-0.25, -0.2) is 9.97 Å². The minimum absolute atomic E-state index is 0.846. The fourth-order valence-electron chi connectivity index (χ4n) is 1.08. The van der Waals surface area contributed by atoms with Crippen molar-refractivity contribution < 1.29 is 0 Å². The molecule has 0 saturated heterocycles. The zero-order valence-electron chi connectivity index (χ0n) is 8.90. The van der Waals surface area contributed by atoms with Crippen molar-refractivity contribution in [2.24, 2.45) is 0 Å². The molecule has 0 bridgehead atoms. The van der Waals surface area contributed by atoms with E-state index in [9.17, 15) is 0 Å².